The predicted molar refractivity (Wildman–Crippen MR) is 125 cm³/mol. The minimum atomic E-state index is -1.33. The summed E-state index contributed by atoms with van der Waals surface area (Å²) >= 11 is 6.88. The van der Waals surface area contributed by atoms with E-state index in [0.29, 0.717) is 29.0 Å². The van der Waals surface area contributed by atoms with Gasteiger partial charge >= 0.3 is 0 Å². The van der Waals surface area contributed by atoms with Crippen LogP contribution >= 0.6 is 11.6 Å². The van der Waals surface area contributed by atoms with Gasteiger partial charge in [-0.25, -0.2) is 0 Å². The Morgan fingerprint density at radius 1 is 1.12 bits per heavy atom. The molecule has 1 aliphatic heterocycles. The first-order valence-corrected chi connectivity index (χ1v) is 11.2. The zero-order valence-electron chi connectivity index (χ0n) is 18.8. The van der Waals surface area contributed by atoms with Crippen LogP contribution < -0.4 is 4.90 Å². The van der Waals surface area contributed by atoms with E-state index in [4.69, 9.17) is 11.6 Å². The Balaban J connectivity index is 1.81. The second-order valence-electron chi connectivity index (χ2n) is 8.91. The van der Waals surface area contributed by atoms with Gasteiger partial charge in [0.25, 0.3) is 0 Å². The summed E-state index contributed by atoms with van der Waals surface area (Å²) in [5, 5.41) is 0.520. The molecule has 4 rings (SSSR count). The number of nitrogens with zero attached hydrogens (tertiary/aromatic N) is 3. The molecule has 1 fully saturated rings. The zero-order chi connectivity index (χ0) is 23.2. The number of carbonyl (C=O) groups is 3. The normalized spacial score (nSPS) is 29.4. The van der Waals surface area contributed by atoms with Gasteiger partial charge in [0.2, 0.25) is 11.8 Å². The van der Waals surface area contributed by atoms with Crippen molar-refractivity contribution in [1.29, 1.82) is 0 Å². The molecule has 0 N–H and O–H groups in total. The van der Waals surface area contributed by atoms with Gasteiger partial charge in [-0.1, -0.05) is 35.9 Å². The van der Waals surface area contributed by atoms with Crippen LogP contribution in [0.25, 0.3) is 0 Å². The van der Waals surface area contributed by atoms with Gasteiger partial charge in [-0.15, -0.1) is 0 Å². The van der Waals surface area contributed by atoms with Gasteiger partial charge in [-0.05, 0) is 55.0 Å². The van der Waals surface area contributed by atoms with Crippen molar-refractivity contribution in [2.24, 2.45) is 11.3 Å². The number of amides is 2. The van der Waals surface area contributed by atoms with Crippen molar-refractivity contribution in [1.82, 2.24) is 9.80 Å². The number of aldehydes is 1. The van der Waals surface area contributed by atoms with Crippen LogP contribution in [-0.4, -0.2) is 55.2 Å². The van der Waals surface area contributed by atoms with Crippen LogP contribution in [0.4, 0.5) is 5.69 Å². The number of anilines is 1. The number of carbonyl (C=O) groups excluding carboxylic acids is 3. The largest absolute Gasteiger partial charge is 0.351 e. The van der Waals surface area contributed by atoms with Crippen LogP contribution in [0.15, 0.2) is 64.4 Å². The van der Waals surface area contributed by atoms with E-state index in [-0.39, 0.29) is 30.3 Å². The monoisotopic (exact) mass is 453 g/mol. The van der Waals surface area contributed by atoms with Gasteiger partial charge < -0.3 is 14.7 Å². The first-order chi connectivity index (χ1) is 15.2. The number of para-hydroxylation sites is 1. The second kappa shape index (κ2) is 8.24. The number of benzene rings is 1. The summed E-state index contributed by atoms with van der Waals surface area (Å²) in [4.78, 5) is 44.2. The highest BCUT2D eigenvalue weighted by atomic mass is 35.5. The highest BCUT2D eigenvalue weighted by Crippen LogP contribution is 2.54. The number of halogens is 1. The molecule has 0 aromatic heterocycles. The minimum Gasteiger partial charge on any atom is -0.351 e. The van der Waals surface area contributed by atoms with Crippen molar-refractivity contribution in [2.75, 3.05) is 26.0 Å². The SMILES string of the molecule is CC1N(C)C(=O)C2(CC(C=O)=CC3=C(Cl)/C(=C/N(C)c4ccccc4)CCC32)C(=O)N1C. The maximum absolute atomic E-state index is 13.6. The average molecular weight is 454 g/mol. The molecule has 32 heavy (non-hydrogen) atoms. The molecule has 0 saturated carbocycles. The van der Waals surface area contributed by atoms with Gasteiger partial charge in [0.15, 0.2) is 0 Å². The summed E-state index contributed by atoms with van der Waals surface area (Å²) in [6, 6.07) is 9.93. The van der Waals surface area contributed by atoms with E-state index in [1.165, 1.54) is 0 Å². The fourth-order valence-electron chi connectivity index (χ4n) is 5.21. The van der Waals surface area contributed by atoms with Crippen molar-refractivity contribution in [3.63, 3.8) is 0 Å². The Hall–Kier alpha value is -2.86. The average Bonchev–Trinajstić information content (AvgIpc) is 2.82. The summed E-state index contributed by atoms with van der Waals surface area (Å²) in [7, 11) is 5.38. The van der Waals surface area contributed by atoms with Crippen molar-refractivity contribution in [2.45, 2.75) is 32.4 Å². The summed E-state index contributed by atoms with van der Waals surface area (Å²) < 4.78 is 0. The molecule has 2 amide bonds. The van der Waals surface area contributed by atoms with E-state index in [9.17, 15) is 14.4 Å². The van der Waals surface area contributed by atoms with Crippen molar-refractivity contribution in [3.8, 4) is 0 Å². The number of hydrogen-bond acceptors (Lipinski definition) is 4. The molecule has 6 nitrogen and oxygen atoms in total. The third-order valence-electron chi connectivity index (χ3n) is 7.22. The molecule has 1 saturated heterocycles. The van der Waals surface area contributed by atoms with Crippen molar-refractivity contribution < 1.29 is 14.4 Å². The van der Waals surface area contributed by atoms with Gasteiger partial charge in [0.05, 0.1) is 0 Å². The molecule has 1 spiro atoms. The number of fused-ring (bicyclic) bond motifs is 2. The van der Waals surface area contributed by atoms with E-state index in [0.717, 1.165) is 17.5 Å². The Kier molecular flexibility index (Phi) is 5.76. The van der Waals surface area contributed by atoms with Crippen LogP contribution in [0, 0.1) is 11.3 Å². The molecule has 1 aromatic carbocycles. The smallest absolute Gasteiger partial charge is 0.240 e. The van der Waals surface area contributed by atoms with Crippen molar-refractivity contribution in [3.05, 3.63) is 64.4 Å². The van der Waals surface area contributed by atoms with Crippen LogP contribution in [0.3, 0.4) is 0 Å². The molecule has 1 heterocycles. The third-order valence-corrected chi connectivity index (χ3v) is 7.68. The molecule has 1 unspecified atom stereocenters. The molecule has 1 atom stereocenters. The summed E-state index contributed by atoms with van der Waals surface area (Å²) in [6.07, 6.45) is 5.52. The quantitative estimate of drug-likeness (QED) is 0.517. The van der Waals surface area contributed by atoms with E-state index in [1.54, 1.807) is 30.0 Å². The molecule has 7 heteroatoms. The molecular formula is C25H28ClN3O3. The summed E-state index contributed by atoms with van der Waals surface area (Å²) in [6.45, 7) is 1.83. The molecule has 2 aliphatic carbocycles. The highest BCUT2D eigenvalue weighted by molar-refractivity contribution is 6.33. The van der Waals surface area contributed by atoms with Crippen LogP contribution in [-0.2, 0) is 14.4 Å². The third kappa shape index (κ3) is 3.28. The fraction of sp³-hybridized carbons (Fsp3) is 0.400. The van der Waals surface area contributed by atoms with Gasteiger partial charge in [-0.3, -0.25) is 14.4 Å². The molecule has 1 aromatic rings. The van der Waals surface area contributed by atoms with E-state index in [1.807, 2.05) is 55.4 Å². The van der Waals surface area contributed by atoms with Crippen molar-refractivity contribution >= 4 is 35.4 Å². The maximum Gasteiger partial charge on any atom is 0.240 e. The Morgan fingerprint density at radius 2 is 1.75 bits per heavy atom. The summed E-state index contributed by atoms with van der Waals surface area (Å²) in [5.74, 6) is -0.835. The molecule has 0 radical (unpaired) electrons. The lowest BCUT2D eigenvalue weighted by Gasteiger charge is -2.53. The maximum atomic E-state index is 13.6. The fourth-order valence-corrected chi connectivity index (χ4v) is 5.54. The van der Waals surface area contributed by atoms with Gasteiger partial charge in [0.1, 0.15) is 17.9 Å². The van der Waals surface area contributed by atoms with Crippen LogP contribution in [0.1, 0.15) is 26.2 Å². The lowest BCUT2D eigenvalue weighted by molar-refractivity contribution is -0.175. The van der Waals surface area contributed by atoms with Gasteiger partial charge in [-0.2, -0.15) is 0 Å². The standard InChI is InChI=1S/C25H28ClN3O3/c1-16-28(3)23(31)25(24(32)29(16)4)13-17(15-30)12-20-21(25)11-10-18(22(20)26)14-27(2)19-8-6-5-7-9-19/h5-9,12,14-16,21H,10-11,13H2,1-4H3/b18-14+. The number of allylic oxidation sites excluding steroid dienone is 5. The number of hydrogen-bond donors (Lipinski definition) is 0. The summed E-state index contributed by atoms with van der Waals surface area (Å²) in [5.41, 5.74) is 1.75. The van der Waals surface area contributed by atoms with Gasteiger partial charge in [0, 0.05) is 44.0 Å². The lowest BCUT2D eigenvalue weighted by atomic mass is 9.59. The molecule has 0 bridgehead atoms. The zero-order valence-corrected chi connectivity index (χ0v) is 19.6. The van der Waals surface area contributed by atoms with E-state index < -0.39 is 5.41 Å². The van der Waals surface area contributed by atoms with Crippen LogP contribution in [0.5, 0.6) is 0 Å². The topological polar surface area (TPSA) is 60.9 Å². The Labute approximate surface area is 193 Å². The highest BCUT2D eigenvalue weighted by Gasteiger charge is 2.61. The lowest BCUT2D eigenvalue weighted by Crippen LogP contribution is -2.67. The second-order valence-corrected chi connectivity index (χ2v) is 9.29. The predicted octanol–water partition coefficient (Wildman–Crippen LogP) is 3.70. The first-order valence-electron chi connectivity index (χ1n) is 10.8. The van der Waals surface area contributed by atoms with Crippen LogP contribution in [0.2, 0.25) is 0 Å². The van der Waals surface area contributed by atoms with E-state index >= 15 is 0 Å². The van der Waals surface area contributed by atoms with E-state index in [2.05, 4.69) is 0 Å². The number of rotatable bonds is 3. The molecular weight excluding hydrogens is 426 g/mol. The first kappa shape index (κ1) is 22.3. The molecule has 168 valence electrons. The molecule has 3 aliphatic rings. The minimum absolute atomic E-state index is 0.108. The Morgan fingerprint density at radius 3 is 2.34 bits per heavy atom. The Bertz CT molecular complexity index is 1040.